The van der Waals surface area contributed by atoms with Crippen molar-refractivity contribution in [3.05, 3.63) is 34.6 Å². The van der Waals surface area contributed by atoms with Gasteiger partial charge in [0, 0.05) is 19.0 Å². The van der Waals surface area contributed by atoms with Gasteiger partial charge in [-0.05, 0) is 18.4 Å². The number of ether oxygens (including phenoxy) is 1. The fourth-order valence-electron chi connectivity index (χ4n) is 2.67. The number of hydrogen-bond acceptors (Lipinski definition) is 2. The smallest absolute Gasteiger partial charge is 0.216 e. The summed E-state index contributed by atoms with van der Waals surface area (Å²) in [5.74, 6) is -0.286. The molecule has 1 N–H and O–H groups in total. The Morgan fingerprint density at radius 3 is 2.74 bits per heavy atom. The number of benzene rings is 1. The Labute approximate surface area is 143 Å². The Morgan fingerprint density at radius 1 is 1.39 bits per heavy atom. The van der Waals surface area contributed by atoms with Crippen molar-refractivity contribution >= 4 is 17.5 Å². The molecule has 0 bridgehead atoms. The highest BCUT2D eigenvalue weighted by Gasteiger charge is 2.25. The van der Waals surface area contributed by atoms with Gasteiger partial charge in [-0.1, -0.05) is 56.8 Å². The predicted octanol–water partition coefficient (Wildman–Crippen LogP) is 4.89. The molecular weight excluding hydrogens is 317 g/mol. The van der Waals surface area contributed by atoms with E-state index in [-0.39, 0.29) is 23.0 Å². The van der Waals surface area contributed by atoms with E-state index in [0.717, 1.165) is 25.7 Å². The Kier molecular flexibility index (Phi) is 9.19. The van der Waals surface area contributed by atoms with Crippen LogP contribution in [0.3, 0.4) is 0 Å². The SMILES string of the molecule is CCCC[C@H](CC)[C@@H](OCCNC(C)=O)c1cccc(Cl)c1F. The van der Waals surface area contributed by atoms with Gasteiger partial charge >= 0.3 is 0 Å². The fourth-order valence-corrected chi connectivity index (χ4v) is 2.85. The van der Waals surface area contributed by atoms with Crippen molar-refractivity contribution in [1.82, 2.24) is 5.32 Å². The summed E-state index contributed by atoms with van der Waals surface area (Å²) in [6.45, 7) is 6.45. The summed E-state index contributed by atoms with van der Waals surface area (Å²) < 4.78 is 20.4. The summed E-state index contributed by atoms with van der Waals surface area (Å²) in [6.07, 6.45) is 3.69. The summed E-state index contributed by atoms with van der Waals surface area (Å²) in [6, 6.07) is 5.03. The minimum atomic E-state index is -0.409. The van der Waals surface area contributed by atoms with Crippen molar-refractivity contribution < 1.29 is 13.9 Å². The van der Waals surface area contributed by atoms with Crippen LogP contribution >= 0.6 is 11.6 Å². The van der Waals surface area contributed by atoms with Gasteiger partial charge in [0.2, 0.25) is 5.91 Å². The molecule has 0 aromatic heterocycles. The lowest BCUT2D eigenvalue weighted by Crippen LogP contribution is -2.27. The van der Waals surface area contributed by atoms with Crippen molar-refractivity contribution in [2.24, 2.45) is 5.92 Å². The molecule has 0 unspecified atom stereocenters. The van der Waals surface area contributed by atoms with Crippen LogP contribution in [0, 0.1) is 11.7 Å². The highest BCUT2D eigenvalue weighted by atomic mass is 35.5. The molecule has 0 saturated heterocycles. The van der Waals surface area contributed by atoms with Gasteiger partial charge in [0.1, 0.15) is 5.82 Å². The molecule has 5 heteroatoms. The number of rotatable bonds is 10. The van der Waals surface area contributed by atoms with Crippen LogP contribution in [-0.2, 0) is 9.53 Å². The molecule has 130 valence electrons. The molecule has 1 amide bonds. The summed E-state index contributed by atoms with van der Waals surface area (Å²) in [7, 11) is 0. The van der Waals surface area contributed by atoms with E-state index in [1.54, 1.807) is 18.2 Å². The van der Waals surface area contributed by atoms with Crippen LogP contribution < -0.4 is 5.32 Å². The second kappa shape index (κ2) is 10.6. The number of carbonyl (C=O) groups excluding carboxylic acids is 1. The Morgan fingerprint density at radius 2 is 2.13 bits per heavy atom. The van der Waals surface area contributed by atoms with Crippen molar-refractivity contribution in [3.8, 4) is 0 Å². The van der Waals surface area contributed by atoms with Gasteiger partial charge in [0.25, 0.3) is 0 Å². The van der Waals surface area contributed by atoms with Crippen molar-refractivity contribution in [2.45, 2.75) is 52.6 Å². The zero-order valence-corrected chi connectivity index (χ0v) is 15.0. The van der Waals surface area contributed by atoms with E-state index in [0.29, 0.717) is 18.7 Å². The van der Waals surface area contributed by atoms with Crippen LogP contribution in [0.2, 0.25) is 5.02 Å². The first-order valence-corrected chi connectivity index (χ1v) is 8.68. The Balaban J connectivity index is 2.90. The van der Waals surface area contributed by atoms with E-state index in [2.05, 4.69) is 19.2 Å². The second-order valence-electron chi connectivity index (χ2n) is 5.73. The molecule has 0 aliphatic rings. The van der Waals surface area contributed by atoms with Gasteiger partial charge in [-0.2, -0.15) is 0 Å². The molecule has 0 radical (unpaired) electrons. The zero-order valence-electron chi connectivity index (χ0n) is 14.2. The third kappa shape index (κ3) is 6.48. The lowest BCUT2D eigenvalue weighted by Gasteiger charge is -2.27. The number of carbonyl (C=O) groups is 1. The molecule has 0 spiro atoms. The molecule has 2 atom stereocenters. The standard InChI is InChI=1S/C18H27ClFNO2/c1-4-6-8-14(5-2)18(23-12-11-21-13(3)22)15-9-7-10-16(19)17(15)20/h7,9-10,14,18H,4-6,8,11-12H2,1-3H3,(H,21,22)/t14-,18+/m0/s1. The average molecular weight is 344 g/mol. The van der Waals surface area contributed by atoms with Crippen molar-refractivity contribution in [3.63, 3.8) is 0 Å². The molecule has 23 heavy (non-hydrogen) atoms. The van der Waals surface area contributed by atoms with Gasteiger partial charge in [-0.15, -0.1) is 0 Å². The highest BCUT2D eigenvalue weighted by molar-refractivity contribution is 6.30. The Bertz CT molecular complexity index is 496. The first-order valence-electron chi connectivity index (χ1n) is 8.31. The van der Waals surface area contributed by atoms with E-state index in [9.17, 15) is 9.18 Å². The molecule has 0 saturated carbocycles. The second-order valence-corrected chi connectivity index (χ2v) is 6.14. The van der Waals surface area contributed by atoms with Crippen LogP contribution in [0.1, 0.15) is 58.1 Å². The maximum atomic E-state index is 14.4. The van der Waals surface area contributed by atoms with Gasteiger partial charge in [-0.3, -0.25) is 4.79 Å². The summed E-state index contributed by atoms with van der Waals surface area (Å²) in [5.41, 5.74) is 0.503. The number of hydrogen-bond donors (Lipinski definition) is 1. The molecule has 0 aliphatic heterocycles. The van der Waals surface area contributed by atoms with E-state index in [1.807, 2.05) is 0 Å². The van der Waals surface area contributed by atoms with Crippen LogP contribution in [0.4, 0.5) is 4.39 Å². The molecule has 1 aromatic rings. The van der Waals surface area contributed by atoms with E-state index >= 15 is 0 Å². The minimum absolute atomic E-state index is 0.0999. The lowest BCUT2D eigenvalue weighted by molar-refractivity contribution is -0.119. The van der Waals surface area contributed by atoms with Gasteiger partial charge in [-0.25, -0.2) is 4.39 Å². The third-order valence-electron chi connectivity index (χ3n) is 3.94. The van der Waals surface area contributed by atoms with Crippen LogP contribution in [0.5, 0.6) is 0 Å². The molecule has 3 nitrogen and oxygen atoms in total. The molecule has 0 heterocycles. The van der Waals surface area contributed by atoms with Gasteiger partial charge < -0.3 is 10.1 Å². The monoisotopic (exact) mass is 343 g/mol. The number of amides is 1. The van der Waals surface area contributed by atoms with Crippen LogP contribution in [-0.4, -0.2) is 19.1 Å². The zero-order chi connectivity index (χ0) is 17.2. The van der Waals surface area contributed by atoms with E-state index in [4.69, 9.17) is 16.3 Å². The average Bonchev–Trinajstić information content (AvgIpc) is 2.52. The van der Waals surface area contributed by atoms with Crippen molar-refractivity contribution in [1.29, 1.82) is 0 Å². The normalized spacial score (nSPS) is 13.6. The van der Waals surface area contributed by atoms with Crippen LogP contribution in [0.25, 0.3) is 0 Å². The quantitative estimate of drug-likeness (QED) is 0.614. The van der Waals surface area contributed by atoms with E-state index < -0.39 is 5.82 Å². The first kappa shape index (κ1) is 19.9. The maximum absolute atomic E-state index is 14.4. The lowest BCUT2D eigenvalue weighted by atomic mass is 9.88. The van der Waals surface area contributed by atoms with Gasteiger partial charge in [0.15, 0.2) is 0 Å². The maximum Gasteiger partial charge on any atom is 0.216 e. The summed E-state index contributed by atoms with van der Waals surface area (Å²) in [4.78, 5) is 10.9. The summed E-state index contributed by atoms with van der Waals surface area (Å²) >= 11 is 5.93. The largest absolute Gasteiger partial charge is 0.371 e. The number of halogens is 2. The molecule has 1 rings (SSSR count). The molecule has 0 aliphatic carbocycles. The molecule has 1 aromatic carbocycles. The van der Waals surface area contributed by atoms with Crippen LogP contribution in [0.15, 0.2) is 18.2 Å². The topological polar surface area (TPSA) is 38.3 Å². The fraction of sp³-hybridized carbons (Fsp3) is 0.611. The van der Waals surface area contributed by atoms with Gasteiger partial charge in [0.05, 0.1) is 17.7 Å². The number of nitrogens with one attached hydrogen (secondary N) is 1. The Hall–Kier alpha value is -1.13. The number of unbranched alkanes of at least 4 members (excludes halogenated alkanes) is 1. The third-order valence-corrected chi connectivity index (χ3v) is 4.23. The van der Waals surface area contributed by atoms with E-state index in [1.165, 1.54) is 6.92 Å². The predicted molar refractivity (Wildman–Crippen MR) is 92.1 cm³/mol. The molecule has 0 fully saturated rings. The van der Waals surface area contributed by atoms with Crippen molar-refractivity contribution in [2.75, 3.05) is 13.2 Å². The minimum Gasteiger partial charge on any atom is -0.371 e. The first-order chi connectivity index (χ1) is 11.0. The summed E-state index contributed by atoms with van der Waals surface area (Å²) in [5, 5.41) is 2.81. The molecular formula is C18H27ClFNO2. The highest BCUT2D eigenvalue weighted by Crippen LogP contribution is 2.35.